The summed E-state index contributed by atoms with van der Waals surface area (Å²) in [5.74, 6) is -2.40. The van der Waals surface area contributed by atoms with Crippen molar-refractivity contribution in [3.8, 4) is 11.5 Å². The maximum Gasteiger partial charge on any atom is 0.342 e. The first kappa shape index (κ1) is 23.4. The highest BCUT2D eigenvalue weighted by Gasteiger charge is 2.20. The maximum atomic E-state index is 13.7. The molecule has 3 aromatic rings. The molecule has 0 unspecified atom stereocenters. The number of Topliss-reactive ketones (excluding diaryl/α,β-unsaturated/α-hetero) is 1. The van der Waals surface area contributed by atoms with Crippen LogP contribution in [0.2, 0.25) is 0 Å². The molecule has 1 aliphatic rings. The molecule has 1 aliphatic heterocycles. The van der Waals surface area contributed by atoms with E-state index in [1.807, 2.05) is 0 Å². The van der Waals surface area contributed by atoms with Crippen LogP contribution >= 0.6 is 0 Å². The summed E-state index contributed by atoms with van der Waals surface area (Å²) in [5, 5.41) is 4.98. The largest absolute Gasteiger partial charge is 0.483 e. The second kappa shape index (κ2) is 10.5. The van der Waals surface area contributed by atoms with E-state index in [-0.39, 0.29) is 35.1 Å². The van der Waals surface area contributed by atoms with E-state index in [4.69, 9.17) is 14.2 Å². The molecule has 4 rings (SSSR count). The highest BCUT2D eigenvalue weighted by atomic mass is 19.1. The average Bonchev–Trinajstić information content (AvgIpc) is 2.87. The highest BCUT2D eigenvalue weighted by Crippen LogP contribution is 2.28. The minimum Gasteiger partial charge on any atom is -0.483 e. The summed E-state index contributed by atoms with van der Waals surface area (Å²) in [4.78, 5) is 48.7. The minimum atomic E-state index is -0.835. The van der Waals surface area contributed by atoms with Gasteiger partial charge in [0.05, 0.1) is 11.4 Å². The molecular formula is C25H19FN2O7. The molecular weight excluding hydrogens is 459 g/mol. The fourth-order valence-electron chi connectivity index (χ4n) is 3.20. The summed E-state index contributed by atoms with van der Waals surface area (Å²) in [5.41, 5.74) is 0.577. The lowest BCUT2D eigenvalue weighted by atomic mass is 10.1. The molecule has 178 valence electrons. The standard InChI is InChI=1S/C25H19FN2O7/c26-17-6-2-3-7-18(17)27-23(30)13-33-21-8-4-1-5-16(21)25(32)35-12-20(29)15-9-10-22-19(11-15)28-24(31)14-34-22/h1-11H,12-14H2,(H,27,30)(H,28,31). The normalized spacial score (nSPS) is 12.0. The molecule has 3 aromatic carbocycles. The lowest BCUT2D eigenvalue weighted by Gasteiger charge is -2.18. The molecule has 0 spiro atoms. The third-order valence-corrected chi connectivity index (χ3v) is 4.88. The molecule has 0 radical (unpaired) electrons. The van der Waals surface area contributed by atoms with Gasteiger partial charge in [0.15, 0.2) is 25.6 Å². The molecule has 1 heterocycles. The first-order chi connectivity index (χ1) is 16.9. The van der Waals surface area contributed by atoms with Crippen molar-refractivity contribution in [2.45, 2.75) is 0 Å². The van der Waals surface area contributed by atoms with Gasteiger partial charge >= 0.3 is 5.97 Å². The zero-order chi connectivity index (χ0) is 24.8. The Bertz CT molecular complexity index is 1310. The Kier molecular flexibility index (Phi) is 7.01. The number of nitrogens with one attached hydrogen (secondary N) is 2. The van der Waals surface area contributed by atoms with E-state index in [0.29, 0.717) is 11.4 Å². The third kappa shape index (κ3) is 5.80. The van der Waals surface area contributed by atoms with Crippen molar-refractivity contribution in [3.05, 3.63) is 83.7 Å². The maximum absolute atomic E-state index is 13.7. The number of rotatable bonds is 8. The minimum absolute atomic E-state index is 0.000568. The molecule has 9 nitrogen and oxygen atoms in total. The number of amides is 2. The topological polar surface area (TPSA) is 120 Å². The van der Waals surface area contributed by atoms with Crippen LogP contribution in [0, 0.1) is 5.82 Å². The van der Waals surface area contributed by atoms with Crippen LogP contribution in [0.1, 0.15) is 20.7 Å². The van der Waals surface area contributed by atoms with Gasteiger partial charge in [-0.3, -0.25) is 14.4 Å². The van der Waals surface area contributed by atoms with Crippen molar-refractivity contribution in [2.75, 3.05) is 30.5 Å². The fourth-order valence-corrected chi connectivity index (χ4v) is 3.20. The Morgan fingerprint density at radius 3 is 2.60 bits per heavy atom. The van der Waals surface area contributed by atoms with Crippen LogP contribution in [0.4, 0.5) is 15.8 Å². The van der Waals surface area contributed by atoms with Crippen LogP contribution in [0.15, 0.2) is 66.7 Å². The predicted molar refractivity (Wildman–Crippen MR) is 122 cm³/mol. The summed E-state index contributed by atoms with van der Waals surface area (Å²) >= 11 is 0. The molecule has 0 atom stereocenters. The Labute approximate surface area is 198 Å². The van der Waals surface area contributed by atoms with Gasteiger partial charge in [0.2, 0.25) is 0 Å². The van der Waals surface area contributed by atoms with E-state index in [9.17, 15) is 23.6 Å². The van der Waals surface area contributed by atoms with Crippen molar-refractivity contribution < 1.29 is 37.8 Å². The van der Waals surface area contributed by atoms with Gasteiger partial charge in [-0.2, -0.15) is 0 Å². The van der Waals surface area contributed by atoms with E-state index in [1.165, 1.54) is 42.5 Å². The lowest BCUT2D eigenvalue weighted by molar-refractivity contribution is -0.119. The number of halogens is 1. The van der Waals surface area contributed by atoms with Crippen LogP contribution in [-0.2, 0) is 14.3 Å². The van der Waals surface area contributed by atoms with E-state index in [2.05, 4.69) is 10.6 Å². The molecule has 0 saturated carbocycles. The molecule has 0 aromatic heterocycles. The number of para-hydroxylation sites is 2. The van der Waals surface area contributed by atoms with E-state index >= 15 is 0 Å². The summed E-state index contributed by atoms with van der Waals surface area (Å²) < 4.78 is 29.5. The molecule has 35 heavy (non-hydrogen) atoms. The van der Waals surface area contributed by atoms with Crippen molar-refractivity contribution in [2.24, 2.45) is 0 Å². The Hall–Kier alpha value is -4.73. The smallest absolute Gasteiger partial charge is 0.342 e. The molecule has 0 bridgehead atoms. The van der Waals surface area contributed by atoms with Gasteiger partial charge in [0.1, 0.15) is 22.9 Å². The fraction of sp³-hybridized carbons (Fsp3) is 0.120. The molecule has 2 N–H and O–H groups in total. The number of carbonyl (C=O) groups excluding carboxylic acids is 4. The monoisotopic (exact) mass is 478 g/mol. The summed E-state index contributed by atoms with van der Waals surface area (Å²) in [6.45, 7) is -1.15. The van der Waals surface area contributed by atoms with Crippen LogP contribution in [-0.4, -0.2) is 43.4 Å². The number of ketones is 1. The number of carbonyl (C=O) groups is 4. The number of anilines is 2. The van der Waals surface area contributed by atoms with Gasteiger partial charge in [-0.25, -0.2) is 9.18 Å². The predicted octanol–water partition coefficient (Wildman–Crippen LogP) is 3.21. The molecule has 2 amide bonds. The van der Waals surface area contributed by atoms with Crippen LogP contribution < -0.4 is 20.1 Å². The van der Waals surface area contributed by atoms with Gasteiger partial charge in [0, 0.05) is 5.56 Å². The number of fused-ring (bicyclic) bond motifs is 1. The van der Waals surface area contributed by atoms with Crippen molar-refractivity contribution in [3.63, 3.8) is 0 Å². The molecule has 0 fully saturated rings. The van der Waals surface area contributed by atoms with Crippen LogP contribution in [0.25, 0.3) is 0 Å². The summed E-state index contributed by atoms with van der Waals surface area (Å²) in [6, 6.07) is 16.2. The van der Waals surface area contributed by atoms with Crippen molar-refractivity contribution in [1.29, 1.82) is 0 Å². The van der Waals surface area contributed by atoms with E-state index < -0.39 is 36.7 Å². The van der Waals surface area contributed by atoms with Crippen molar-refractivity contribution in [1.82, 2.24) is 0 Å². The number of benzene rings is 3. The van der Waals surface area contributed by atoms with Crippen LogP contribution in [0.5, 0.6) is 11.5 Å². The Balaban J connectivity index is 1.35. The van der Waals surface area contributed by atoms with Gasteiger partial charge in [0.25, 0.3) is 11.8 Å². The molecule has 10 heteroatoms. The van der Waals surface area contributed by atoms with Gasteiger partial charge in [-0.05, 0) is 42.5 Å². The zero-order valence-electron chi connectivity index (χ0n) is 18.2. The molecule has 0 aliphatic carbocycles. The highest BCUT2D eigenvalue weighted by molar-refractivity contribution is 6.02. The van der Waals surface area contributed by atoms with Crippen LogP contribution in [0.3, 0.4) is 0 Å². The summed E-state index contributed by atoms with van der Waals surface area (Å²) in [7, 11) is 0. The number of hydrogen-bond donors (Lipinski definition) is 2. The van der Waals surface area contributed by atoms with E-state index in [0.717, 1.165) is 0 Å². The summed E-state index contributed by atoms with van der Waals surface area (Å²) in [6.07, 6.45) is 0. The molecule has 0 saturated heterocycles. The quantitative estimate of drug-likeness (QED) is 0.377. The SMILES string of the molecule is O=C(COc1ccccc1C(=O)OCC(=O)c1ccc2c(c1)NC(=O)CO2)Nc1ccccc1F. The number of ether oxygens (including phenoxy) is 3. The van der Waals surface area contributed by atoms with Gasteiger partial charge < -0.3 is 24.8 Å². The number of esters is 1. The lowest BCUT2D eigenvalue weighted by Crippen LogP contribution is -2.25. The van der Waals surface area contributed by atoms with Gasteiger partial charge in [-0.1, -0.05) is 24.3 Å². The first-order valence-corrected chi connectivity index (χ1v) is 10.4. The zero-order valence-corrected chi connectivity index (χ0v) is 18.2. The Morgan fingerprint density at radius 2 is 1.77 bits per heavy atom. The second-order valence-electron chi connectivity index (χ2n) is 7.36. The van der Waals surface area contributed by atoms with Crippen molar-refractivity contribution >= 4 is 34.9 Å². The third-order valence-electron chi connectivity index (χ3n) is 4.88. The van der Waals surface area contributed by atoms with E-state index in [1.54, 1.807) is 24.3 Å². The second-order valence-corrected chi connectivity index (χ2v) is 7.36. The van der Waals surface area contributed by atoms with Gasteiger partial charge in [-0.15, -0.1) is 0 Å². The number of hydrogen-bond acceptors (Lipinski definition) is 7. The first-order valence-electron chi connectivity index (χ1n) is 10.4. The average molecular weight is 478 g/mol. The Morgan fingerprint density at radius 1 is 1.00 bits per heavy atom.